The molecule has 2 heterocycles. The van der Waals surface area contributed by atoms with E-state index in [9.17, 15) is 9.18 Å². The Morgan fingerprint density at radius 3 is 2.60 bits per heavy atom. The van der Waals surface area contributed by atoms with Crippen molar-refractivity contribution in [3.63, 3.8) is 0 Å². The number of amides is 2. The molecule has 25 heavy (non-hydrogen) atoms. The summed E-state index contributed by atoms with van der Waals surface area (Å²) in [7, 11) is 1.54. The van der Waals surface area contributed by atoms with E-state index >= 15 is 0 Å². The van der Waals surface area contributed by atoms with Gasteiger partial charge in [-0.2, -0.15) is 0 Å². The molecule has 0 saturated carbocycles. The second-order valence-corrected chi connectivity index (χ2v) is 6.41. The molecule has 1 aromatic heterocycles. The number of nitrogens with one attached hydrogen (secondary N) is 1. The van der Waals surface area contributed by atoms with Crippen LogP contribution in [0.2, 0.25) is 0 Å². The van der Waals surface area contributed by atoms with Gasteiger partial charge in [-0.15, -0.1) is 0 Å². The van der Waals surface area contributed by atoms with Crippen LogP contribution in [0.25, 0.3) is 0 Å². The van der Waals surface area contributed by atoms with E-state index in [0.717, 1.165) is 12.8 Å². The molecule has 1 aliphatic rings. The quantitative estimate of drug-likeness (QED) is 0.917. The van der Waals surface area contributed by atoms with Crippen LogP contribution in [0.3, 0.4) is 0 Å². The van der Waals surface area contributed by atoms with E-state index in [1.807, 2.05) is 24.0 Å². The maximum Gasteiger partial charge on any atom is 0.317 e. The van der Waals surface area contributed by atoms with Crippen LogP contribution in [-0.2, 0) is 0 Å². The lowest BCUT2D eigenvalue weighted by Crippen LogP contribution is -2.45. The number of rotatable bonds is 4. The lowest BCUT2D eigenvalue weighted by Gasteiger charge is -2.33. The monoisotopic (exact) mass is 345 g/mol. The Balaban J connectivity index is 1.58. The number of methoxy groups -OCH3 is 1. The fraction of sp³-hybridized carbons (Fsp3) is 0.421. The third kappa shape index (κ3) is 3.95. The van der Waals surface area contributed by atoms with E-state index in [1.165, 1.54) is 19.2 Å². The van der Waals surface area contributed by atoms with E-state index in [1.54, 1.807) is 6.07 Å². The van der Waals surface area contributed by atoms with Gasteiger partial charge in [0.2, 0.25) is 0 Å². The van der Waals surface area contributed by atoms with Crippen molar-refractivity contribution in [3.8, 4) is 5.75 Å². The third-order valence-corrected chi connectivity index (χ3v) is 4.80. The number of hydrogen-bond acceptors (Lipinski definition) is 2. The number of hydrogen-bond donors (Lipinski definition) is 1. The van der Waals surface area contributed by atoms with E-state index in [2.05, 4.69) is 22.3 Å². The first-order chi connectivity index (χ1) is 12.1. The minimum Gasteiger partial charge on any atom is -0.496 e. The number of ether oxygens (including phenoxy) is 1. The summed E-state index contributed by atoms with van der Waals surface area (Å²) < 4.78 is 21.0. The summed E-state index contributed by atoms with van der Waals surface area (Å²) in [4.78, 5) is 14.4. The second kappa shape index (κ2) is 7.59. The SMILES string of the molecule is COc1ccc(F)cc1C(C)NC(=O)N1CCC(n2cccc2)CC1. The molecular weight excluding hydrogens is 321 g/mol. The molecule has 134 valence electrons. The average Bonchev–Trinajstić information content (AvgIpc) is 3.16. The molecule has 0 spiro atoms. The summed E-state index contributed by atoms with van der Waals surface area (Å²) in [5, 5.41) is 2.95. The first-order valence-corrected chi connectivity index (χ1v) is 8.60. The molecule has 1 saturated heterocycles. The van der Waals surface area contributed by atoms with Gasteiger partial charge >= 0.3 is 6.03 Å². The van der Waals surface area contributed by atoms with Crippen molar-refractivity contribution in [2.24, 2.45) is 0 Å². The van der Waals surface area contributed by atoms with Crippen molar-refractivity contribution in [3.05, 3.63) is 54.1 Å². The number of benzene rings is 1. The summed E-state index contributed by atoms with van der Waals surface area (Å²) in [5.41, 5.74) is 0.637. The molecule has 2 aromatic rings. The Labute approximate surface area is 147 Å². The van der Waals surface area contributed by atoms with Crippen LogP contribution in [0.15, 0.2) is 42.7 Å². The van der Waals surface area contributed by atoms with Crippen molar-refractivity contribution in [1.29, 1.82) is 0 Å². The summed E-state index contributed by atoms with van der Waals surface area (Å²) in [5.74, 6) is 0.227. The highest BCUT2D eigenvalue weighted by Crippen LogP contribution is 2.27. The van der Waals surface area contributed by atoms with Crippen LogP contribution in [-0.4, -0.2) is 35.7 Å². The van der Waals surface area contributed by atoms with Crippen LogP contribution in [0, 0.1) is 5.82 Å². The maximum atomic E-state index is 13.5. The molecule has 1 aromatic carbocycles. The number of carbonyl (C=O) groups excluding carboxylic acids is 1. The van der Waals surface area contributed by atoms with Gasteiger partial charge < -0.3 is 19.5 Å². The third-order valence-electron chi connectivity index (χ3n) is 4.80. The molecule has 1 unspecified atom stereocenters. The Morgan fingerprint density at radius 1 is 1.28 bits per heavy atom. The minimum absolute atomic E-state index is 0.121. The molecular formula is C19H24FN3O2. The first kappa shape index (κ1) is 17.3. The zero-order valence-electron chi connectivity index (χ0n) is 14.6. The Bertz CT molecular complexity index is 709. The number of likely N-dealkylation sites (tertiary alicyclic amines) is 1. The van der Waals surface area contributed by atoms with Gasteiger partial charge in [0.1, 0.15) is 11.6 Å². The summed E-state index contributed by atoms with van der Waals surface area (Å²) >= 11 is 0. The van der Waals surface area contributed by atoms with Crippen LogP contribution in [0.4, 0.5) is 9.18 Å². The molecule has 1 fully saturated rings. The molecule has 5 nitrogen and oxygen atoms in total. The molecule has 0 bridgehead atoms. The van der Waals surface area contributed by atoms with Gasteiger partial charge in [0.15, 0.2) is 0 Å². The smallest absolute Gasteiger partial charge is 0.317 e. The predicted octanol–water partition coefficient (Wildman–Crippen LogP) is 3.74. The van der Waals surface area contributed by atoms with Gasteiger partial charge in [0, 0.05) is 37.1 Å². The van der Waals surface area contributed by atoms with Crippen molar-refractivity contribution >= 4 is 6.03 Å². The van der Waals surface area contributed by atoms with E-state index in [4.69, 9.17) is 4.74 Å². The Hall–Kier alpha value is -2.50. The topological polar surface area (TPSA) is 46.5 Å². The molecule has 0 aliphatic carbocycles. The van der Waals surface area contributed by atoms with Crippen molar-refractivity contribution in [2.75, 3.05) is 20.2 Å². The van der Waals surface area contributed by atoms with Crippen LogP contribution in [0.1, 0.15) is 37.4 Å². The van der Waals surface area contributed by atoms with Crippen LogP contribution < -0.4 is 10.1 Å². The average molecular weight is 345 g/mol. The second-order valence-electron chi connectivity index (χ2n) is 6.41. The number of nitrogens with zero attached hydrogens (tertiary/aromatic N) is 2. The van der Waals surface area contributed by atoms with Gasteiger partial charge in [-0.05, 0) is 50.1 Å². The van der Waals surface area contributed by atoms with Crippen molar-refractivity contribution in [1.82, 2.24) is 14.8 Å². The molecule has 0 radical (unpaired) electrons. The van der Waals surface area contributed by atoms with Crippen molar-refractivity contribution < 1.29 is 13.9 Å². The standard InChI is InChI=1S/C19H24FN3O2/c1-14(17-13-15(20)5-6-18(17)25-2)21-19(24)23-11-7-16(8-12-23)22-9-3-4-10-22/h3-6,9-10,13-14,16H,7-8,11-12H2,1-2H3,(H,21,24). The molecule has 6 heteroatoms. The molecule has 1 atom stereocenters. The number of carbonyl (C=O) groups is 1. The number of halogens is 1. The normalized spacial score (nSPS) is 16.5. The Kier molecular flexibility index (Phi) is 5.26. The largest absolute Gasteiger partial charge is 0.496 e. The first-order valence-electron chi connectivity index (χ1n) is 8.60. The van der Waals surface area contributed by atoms with Crippen molar-refractivity contribution in [2.45, 2.75) is 31.8 Å². The molecule has 2 amide bonds. The van der Waals surface area contributed by atoms with E-state index in [0.29, 0.717) is 30.4 Å². The lowest BCUT2D eigenvalue weighted by molar-refractivity contribution is 0.169. The number of aromatic nitrogens is 1. The van der Waals surface area contributed by atoms with Gasteiger partial charge in [-0.25, -0.2) is 9.18 Å². The zero-order chi connectivity index (χ0) is 17.8. The minimum atomic E-state index is -0.343. The van der Waals surface area contributed by atoms with Gasteiger partial charge in [0.05, 0.1) is 13.2 Å². The van der Waals surface area contributed by atoms with Gasteiger partial charge in [-0.3, -0.25) is 0 Å². The number of piperidine rings is 1. The summed E-state index contributed by atoms with van der Waals surface area (Å²) in [6.07, 6.45) is 6.00. The highest BCUT2D eigenvalue weighted by atomic mass is 19.1. The molecule has 3 rings (SSSR count). The summed E-state index contributed by atoms with van der Waals surface area (Å²) in [6.45, 7) is 3.26. The predicted molar refractivity (Wildman–Crippen MR) is 94.2 cm³/mol. The van der Waals surface area contributed by atoms with E-state index in [-0.39, 0.29) is 17.9 Å². The lowest BCUT2D eigenvalue weighted by atomic mass is 10.0. The van der Waals surface area contributed by atoms with Gasteiger partial charge in [-0.1, -0.05) is 0 Å². The highest BCUT2D eigenvalue weighted by molar-refractivity contribution is 5.75. The van der Waals surface area contributed by atoms with Crippen LogP contribution in [0.5, 0.6) is 5.75 Å². The maximum absolute atomic E-state index is 13.5. The fourth-order valence-electron chi connectivity index (χ4n) is 3.36. The molecule has 1 aliphatic heterocycles. The zero-order valence-corrected chi connectivity index (χ0v) is 14.6. The Morgan fingerprint density at radius 2 is 1.96 bits per heavy atom. The van der Waals surface area contributed by atoms with Gasteiger partial charge in [0.25, 0.3) is 0 Å². The van der Waals surface area contributed by atoms with E-state index < -0.39 is 0 Å². The highest BCUT2D eigenvalue weighted by Gasteiger charge is 2.25. The van der Waals surface area contributed by atoms with Crippen LogP contribution >= 0.6 is 0 Å². The number of urea groups is 1. The fourth-order valence-corrected chi connectivity index (χ4v) is 3.36. The molecule has 1 N–H and O–H groups in total. The summed E-state index contributed by atoms with van der Waals surface area (Å²) in [6, 6.07) is 8.37.